The van der Waals surface area contributed by atoms with Crippen molar-refractivity contribution in [3.8, 4) is 0 Å². The first-order chi connectivity index (χ1) is 7.70. The highest BCUT2D eigenvalue weighted by Crippen LogP contribution is 2.12. The fourth-order valence-corrected chi connectivity index (χ4v) is 1.84. The first-order valence-electron chi connectivity index (χ1n) is 6.32. The van der Waals surface area contributed by atoms with E-state index in [1.54, 1.807) is 0 Å². The summed E-state index contributed by atoms with van der Waals surface area (Å²) in [6.45, 7) is 2.14. The minimum absolute atomic E-state index is 0.342. The molecule has 0 unspecified atom stereocenters. The third-order valence-electron chi connectivity index (χ3n) is 2.68. The van der Waals surface area contributed by atoms with Crippen molar-refractivity contribution in [1.82, 2.24) is 0 Å². The van der Waals surface area contributed by atoms with Gasteiger partial charge in [-0.15, -0.1) is 0 Å². The molecule has 0 bridgehead atoms. The lowest BCUT2D eigenvalue weighted by molar-refractivity contribution is 0.0687. The van der Waals surface area contributed by atoms with E-state index in [1.165, 1.54) is 12.0 Å². The van der Waals surface area contributed by atoms with E-state index in [0.29, 0.717) is 6.42 Å². The highest BCUT2D eigenvalue weighted by Gasteiger charge is 2.10. The maximum Gasteiger partial charge on any atom is 0.0565 e. The molecule has 2 atom stereocenters. The zero-order valence-corrected chi connectivity index (χ0v) is 11.0. The van der Waals surface area contributed by atoms with Crippen LogP contribution in [-0.2, 0) is 0 Å². The third-order valence-corrected chi connectivity index (χ3v) is 2.86. The number of hydrogen-bond acceptors (Lipinski definition) is 2. The molecule has 2 nitrogen and oxygen atoms in total. The van der Waals surface area contributed by atoms with Gasteiger partial charge in [-0.1, -0.05) is 43.9 Å². The maximum atomic E-state index is 9.66. The van der Waals surface area contributed by atoms with Gasteiger partial charge in [-0.3, -0.25) is 0 Å². The smallest absolute Gasteiger partial charge is 0.0565 e. The topological polar surface area (TPSA) is 40.5 Å². The van der Waals surface area contributed by atoms with Crippen molar-refractivity contribution in [1.29, 1.82) is 0 Å². The maximum absolute atomic E-state index is 9.66. The second kappa shape index (κ2) is 11.4. The molecule has 0 rings (SSSR count). The average Bonchev–Trinajstić information content (AvgIpc) is 2.25. The van der Waals surface area contributed by atoms with Gasteiger partial charge in [0.1, 0.15) is 0 Å². The van der Waals surface area contributed by atoms with Crippen LogP contribution in [0.2, 0.25) is 0 Å². The van der Waals surface area contributed by atoms with Gasteiger partial charge >= 0.3 is 0 Å². The number of aliphatic hydroxyl groups is 2. The Morgan fingerprint density at radius 2 is 1.69 bits per heavy atom. The van der Waals surface area contributed by atoms with Gasteiger partial charge < -0.3 is 10.2 Å². The molecular weight excluding hydrogens is 224 g/mol. The van der Waals surface area contributed by atoms with Crippen LogP contribution in [0.4, 0.5) is 0 Å². The normalized spacial score (nSPS) is 15.5. The summed E-state index contributed by atoms with van der Waals surface area (Å²) in [6, 6.07) is 0. The lowest BCUT2D eigenvalue weighted by atomic mass is 10.0. The van der Waals surface area contributed by atoms with Crippen LogP contribution in [0.1, 0.15) is 58.3 Å². The summed E-state index contributed by atoms with van der Waals surface area (Å²) >= 11 is 5.39. The fraction of sp³-hybridized carbons (Fsp3) is 0.846. The van der Waals surface area contributed by atoms with Crippen LogP contribution < -0.4 is 0 Å². The molecule has 96 valence electrons. The van der Waals surface area contributed by atoms with Gasteiger partial charge in [0, 0.05) is 5.54 Å². The molecule has 0 saturated heterocycles. The Morgan fingerprint density at radius 3 is 2.25 bits per heavy atom. The molecule has 0 amide bonds. The third kappa shape index (κ3) is 10.5. The zero-order valence-electron chi connectivity index (χ0n) is 10.2. The van der Waals surface area contributed by atoms with Gasteiger partial charge in [-0.2, -0.15) is 0 Å². The van der Waals surface area contributed by atoms with E-state index in [9.17, 15) is 10.2 Å². The van der Waals surface area contributed by atoms with Crippen molar-refractivity contribution in [2.45, 2.75) is 70.5 Å². The van der Waals surface area contributed by atoms with Crippen LogP contribution in [0.3, 0.4) is 0 Å². The summed E-state index contributed by atoms with van der Waals surface area (Å²) in [6.07, 6.45) is 8.43. The molecule has 0 aliphatic heterocycles. The highest BCUT2D eigenvalue weighted by atomic mass is 35.5. The summed E-state index contributed by atoms with van der Waals surface area (Å²) in [4.78, 5) is 0. The first-order valence-corrected chi connectivity index (χ1v) is 6.75. The van der Waals surface area contributed by atoms with Crippen molar-refractivity contribution in [2.24, 2.45) is 0 Å². The SMILES string of the molecule is CCCCC[C@H](O)C[C@H](O)CCC/C=C/Cl. The minimum atomic E-state index is -0.375. The average molecular weight is 249 g/mol. The van der Waals surface area contributed by atoms with E-state index < -0.39 is 0 Å². The molecule has 2 N–H and O–H groups in total. The largest absolute Gasteiger partial charge is 0.393 e. The molecule has 0 saturated carbocycles. The van der Waals surface area contributed by atoms with Gasteiger partial charge in [-0.05, 0) is 32.1 Å². The van der Waals surface area contributed by atoms with Crippen LogP contribution in [0.5, 0.6) is 0 Å². The van der Waals surface area contributed by atoms with E-state index in [-0.39, 0.29) is 12.2 Å². The Labute approximate surface area is 104 Å². The molecule has 0 radical (unpaired) electrons. The van der Waals surface area contributed by atoms with Gasteiger partial charge in [0.25, 0.3) is 0 Å². The Kier molecular flexibility index (Phi) is 11.4. The minimum Gasteiger partial charge on any atom is -0.393 e. The molecule has 0 aliphatic rings. The predicted octanol–water partition coefficient (Wildman–Crippen LogP) is 3.60. The molecule has 3 heteroatoms. The second-order valence-electron chi connectivity index (χ2n) is 4.33. The second-order valence-corrected chi connectivity index (χ2v) is 4.58. The Hall–Kier alpha value is -0.0500. The number of allylic oxidation sites excluding steroid dienone is 1. The van der Waals surface area contributed by atoms with Gasteiger partial charge in [0.05, 0.1) is 12.2 Å². The molecule has 0 spiro atoms. The van der Waals surface area contributed by atoms with Crippen LogP contribution in [0.15, 0.2) is 11.6 Å². The van der Waals surface area contributed by atoms with E-state index >= 15 is 0 Å². The number of halogens is 1. The summed E-state index contributed by atoms with van der Waals surface area (Å²) in [5, 5.41) is 19.3. The number of rotatable bonds is 10. The molecule has 0 aromatic heterocycles. The van der Waals surface area contributed by atoms with Crippen LogP contribution >= 0.6 is 11.6 Å². The molecule has 0 aromatic rings. The quantitative estimate of drug-likeness (QED) is 0.580. The Balaban J connectivity index is 3.42. The predicted molar refractivity (Wildman–Crippen MR) is 69.6 cm³/mol. The van der Waals surface area contributed by atoms with Crippen molar-refractivity contribution in [2.75, 3.05) is 0 Å². The first kappa shape index (κ1) is 16.0. The van der Waals surface area contributed by atoms with Crippen molar-refractivity contribution in [3.63, 3.8) is 0 Å². The summed E-state index contributed by atoms with van der Waals surface area (Å²) in [5.74, 6) is 0. The Morgan fingerprint density at radius 1 is 1.06 bits per heavy atom. The summed E-state index contributed by atoms with van der Waals surface area (Å²) in [7, 11) is 0. The monoisotopic (exact) mass is 248 g/mol. The molecule has 16 heavy (non-hydrogen) atoms. The van der Waals surface area contributed by atoms with Crippen molar-refractivity contribution < 1.29 is 10.2 Å². The lowest BCUT2D eigenvalue weighted by Crippen LogP contribution is -2.17. The van der Waals surface area contributed by atoms with Crippen molar-refractivity contribution in [3.05, 3.63) is 11.6 Å². The van der Waals surface area contributed by atoms with Crippen LogP contribution in [0, 0.1) is 0 Å². The molecule has 0 fully saturated rings. The van der Waals surface area contributed by atoms with E-state index in [2.05, 4.69) is 6.92 Å². The van der Waals surface area contributed by atoms with E-state index in [4.69, 9.17) is 11.6 Å². The zero-order chi connectivity index (χ0) is 12.2. The van der Waals surface area contributed by atoms with Crippen molar-refractivity contribution >= 4 is 11.6 Å². The van der Waals surface area contributed by atoms with Gasteiger partial charge in [0.15, 0.2) is 0 Å². The number of unbranched alkanes of at least 4 members (excludes halogenated alkanes) is 3. The molecular formula is C13H25ClO2. The number of hydrogen-bond donors (Lipinski definition) is 2. The molecule has 0 aliphatic carbocycles. The standard InChI is InChI=1S/C13H25ClO2/c1-2-3-5-8-12(15)11-13(16)9-6-4-7-10-14/h7,10,12-13,15-16H,2-6,8-9,11H2,1H3/b10-7+/t12-,13+/m0/s1. The highest BCUT2D eigenvalue weighted by molar-refractivity contribution is 6.25. The van der Waals surface area contributed by atoms with Gasteiger partial charge in [0.2, 0.25) is 0 Å². The number of aliphatic hydroxyl groups excluding tert-OH is 2. The van der Waals surface area contributed by atoms with E-state index in [0.717, 1.165) is 38.5 Å². The molecule has 0 aromatic carbocycles. The molecule has 0 heterocycles. The van der Waals surface area contributed by atoms with Gasteiger partial charge in [-0.25, -0.2) is 0 Å². The lowest BCUT2D eigenvalue weighted by Gasteiger charge is -2.15. The van der Waals surface area contributed by atoms with Crippen LogP contribution in [0.25, 0.3) is 0 Å². The fourth-order valence-electron chi connectivity index (χ4n) is 1.71. The Bertz CT molecular complexity index is 171. The summed E-state index contributed by atoms with van der Waals surface area (Å²) < 4.78 is 0. The summed E-state index contributed by atoms with van der Waals surface area (Å²) in [5.41, 5.74) is 1.51. The van der Waals surface area contributed by atoms with E-state index in [1.807, 2.05) is 6.08 Å². The van der Waals surface area contributed by atoms with Crippen LogP contribution in [-0.4, -0.2) is 22.4 Å².